The van der Waals surface area contributed by atoms with Crippen molar-refractivity contribution in [2.45, 2.75) is 63.5 Å². The lowest BCUT2D eigenvalue weighted by molar-refractivity contribution is 0.0424. The molecule has 1 aromatic heterocycles. The van der Waals surface area contributed by atoms with E-state index in [0.717, 1.165) is 63.9 Å². The van der Waals surface area contributed by atoms with Crippen LogP contribution in [0.2, 0.25) is 0 Å². The summed E-state index contributed by atoms with van der Waals surface area (Å²) in [6, 6.07) is 4.49. The van der Waals surface area contributed by atoms with Crippen molar-refractivity contribution in [3.05, 3.63) is 24.2 Å². The van der Waals surface area contributed by atoms with Gasteiger partial charge in [0, 0.05) is 38.8 Å². The van der Waals surface area contributed by atoms with Gasteiger partial charge in [-0.2, -0.15) is 0 Å². The van der Waals surface area contributed by atoms with Crippen LogP contribution < -0.4 is 10.6 Å². The number of nitrogens with one attached hydrogen (secondary N) is 2. The van der Waals surface area contributed by atoms with Gasteiger partial charge in [0.15, 0.2) is 5.96 Å². The minimum absolute atomic E-state index is 0.283. The van der Waals surface area contributed by atoms with Crippen molar-refractivity contribution in [2.24, 2.45) is 4.99 Å². The zero-order valence-corrected chi connectivity index (χ0v) is 15.8. The molecule has 2 fully saturated rings. The molecule has 2 aliphatic rings. The van der Waals surface area contributed by atoms with Gasteiger partial charge in [-0.1, -0.05) is 19.3 Å². The molecule has 1 aliphatic heterocycles. The van der Waals surface area contributed by atoms with Crippen molar-refractivity contribution in [1.82, 2.24) is 10.6 Å². The van der Waals surface area contributed by atoms with Gasteiger partial charge >= 0.3 is 0 Å². The summed E-state index contributed by atoms with van der Waals surface area (Å²) in [5.74, 6) is 1.93. The summed E-state index contributed by atoms with van der Waals surface area (Å²) in [5, 5.41) is 7.07. The summed E-state index contributed by atoms with van der Waals surface area (Å²) in [6.07, 6.45) is 11.3. The van der Waals surface area contributed by atoms with Gasteiger partial charge in [-0.05, 0) is 37.8 Å². The maximum absolute atomic E-state index is 5.82. The molecule has 1 unspecified atom stereocenters. The van der Waals surface area contributed by atoms with Crippen LogP contribution in [-0.2, 0) is 15.9 Å². The molecule has 2 heterocycles. The van der Waals surface area contributed by atoms with Crippen molar-refractivity contribution in [3.63, 3.8) is 0 Å². The zero-order valence-electron chi connectivity index (χ0n) is 15.8. The minimum atomic E-state index is 0.283. The molecule has 1 atom stereocenters. The first-order chi connectivity index (χ1) is 12.9. The molecule has 1 aliphatic carbocycles. The van der Waals surface area contributed by atoms with E-state index < -0.39 is 0 Å². The number of ether oxygens (including phenoxy) is 2. The van der Waals surface area contributed by atoms with E-state index >= 15 is 0 Å². The minimum Gasteiger partial charge on any atom is -0.469 e. The van der Waals surface area contributed by atoms with Gasteiger partial charge in [0.25, 0.3) is 0 Å². The average molecular weight is 364 g/mol. The van der Waals surface area contributed by atoms with Crippen LogP contribution in [0.3, 0.4) is 0 Å². The molecule has 1 saturated carbocycles. The molecule has 0 aromatic carbocycles. The molecule has 26 heavy (non-hydrogen) atoms. The van der Waals surface area contributed by atoms with E-state index in [9.17, 15) is 0 Å². The molecule has 1 aromatic rings. The molecule has 0 amide bonds. The molecule has 146 valence electrons. The molecule has 0 bridgehead atoms. The second-order valence-corrected chi connectivity index (χ2v) is 7.18. The average Bonchev–Trinajstić information content (AvgIpc) is 3.36. The van der Waals surface area contributed by atoms with E-state index in [0.29, 0.717) is 6.04 Å². The number of furan rings is 1. The lowest BCUT2D eigenvalue weighted by Gasteiger charge is -2.25. The zero-order chi connectivity index (χ0) is 17.9. The lowest BCUT2D eigenvalue weighted by Crippen LogP contribution is -2.45. The second-order valence-electron chi connectivity index (χ2n) is 7.18. The van der Waals surface area contributed by atoms with Crippen LogP contribution in [0.1, 0.15) is 50.7 Å². The predicted octanol–water partition coefficient (Wildman–Crippen LogP) is 2.89. The summed E-state index contributed by atoms with van der Waals surface area (Å²) in [4.78, 5) is 4.75. The SMILES string of the molecule is c1coc(CCNC(=NCCCOC2CCOC2)NC2CCCCC2)c1. The van der Waals surface area contributed by atoms with Crippen LogP contribution in [-0.4, -0.2) is 51.0 Å². The molecular weight excluding hydrogens is 330 g/mol. The van der Waals surface area contributed by atoms with E-state index in [1.165, 1.54) is 32.1 Å². The highest BCUT2D eigenvalue weighted by atomic mass is 16.5. The fourth-order valence-corrected chi connectivity index (χ4v) is 3.50. The fraction of sp³-hybridized carbons (Fsp3) is 0.750. The Hall–Kier alpha value is -1.53. The van der Waals surface area contributed by atoms with Crippen molar-refractivity contribution in [3.8, 4) is 0 Å². The smallest absolute Gasteiger partial charge is 0.191 e. The van der Waals surface area contributed by atoms with Crippen molar-refractivity contribution < 1.29 is 13.9 Å². The van der Waals surface area contributed by atoms with E-state index in [-0.39, 0.29) is 6.10 Å². The Kier molecular flexibility index (Phi) is 8.32. The maximum Gasteiger partial charge on any atom is 0.191 e. The van der Waals surface area contributed by atoms with Crippen LogP contribution in [0.15, 0.2) is 27.8 Å². The van der Waals surface area contributed by atoms with Gasteiger partial charge in [0.2, 0.25) is 0 Å². The number of hydrogen-bond donors (Lipinski definition) is 2. The standard InChI is InChI=1S/C20H33N3O3/c1-2-6-17(7-3-1)23-20(22-12-9-18-8-4-13-25-18)21-11-5-14-26-19-10-15-24-16-19/h4,8,13,17,19H,1-3,5-7,9-12,14-16H2,(H2,21,22,23). The maximum atomic E-state index is 5.82. The Balaban J connectivity index is 1.39. The first-order valence-electron chi connectivity index (χ1n) is 10.2. The Morgan fingerprint density at radius 2 is 2.15 bits per heavy atom. The molecule has 0 spiro atoms. The molecular formula is C20H33N3O3. The number of aliphatic imine (C=N–C) groups is 1. The number of nitrogens with zero attached hydrogens (tertiary/aromatic N) is 1. The topological polar surface area (TPSA) is 68.0 Å². The van der Waals surface area contributed by atoms with Gasteiger partial charge in [0.1, 0.15) is 5.76 Å². The molecule has 0 radical (unpaired) electrons. The van der Waals surface area contributed by atoms with Gasteiger partial charge in [0.05, 0.1) is 19.0 Å². The Labute approximate surface area is 156 Å². The van der Waals surface area contributed by atoms with Crippen LogP contribution >= 0.6 is 0 Å². The highest BCUT2D eigenvalue weighted by molar-refractivity contribution is 5.80. The Morgan fingerprint density at radius 3 is 2.92 bits per heavy atom. The fourth-order valence-electron chi connectivity index (χ4n) is 3.50. The van der Waals surface area contributed by atoms with Crippen LogP contribution in [0, 0.1) is 0 Å². The molecule has 2 N–H and O–H groups in total. The summed E-state index contributed by atoms with van der Waals surface area (Å²) >= 11 is 0. The van der Waals surface area contributed by atoms with Crippen molar-refractivity contribution >= 4 is 5.96 Å². The number of rotatable bonds is 9. The second kappa shape index (κ2) is 11.2. The summed E-state index contributed by atoms with van der Waals surface area (Å²) in [5.41, 5.74) is 0. The molecule has 6 nitrogen and oxygen atoms in total. The first-order valence-corrected chi connectivity index (χ1v) is 10.2. The van der Waals surface area contributed by atoms with E-state index in [4.69, 9.17) is 18.9 Å². The van der Waals surface area contributed by atoms with E-state index in [1.807, 2.05) is 12.1 Å². The first kappa shape index (κ1) is 19.2. The van der Waals surface area contributed by atoms with Crippen LogP contribution in [0.4, 0.5) is 0 Å². The lowest BCUT2D eigenvalue weighted by atomic mass is 9.96. The van der Waals surface area contributed by atoms with Gasteiger partial charge < -0.3 is 24.5 Å². The van der Waals surface area contributed by atoms with Gasteiger partial charge in [-0.3, -0.25) is 4.99 Å². The molecule has 3 rings (SSSR count). The number of guanidine groups is 1. The van der Waals surface area contributed by atoms with Gasteiger partial charge in [-0.15, -0.1) is 0 Å². The molecule has 6 heteroatoms. The summed E-state index contributed by atoms with van der Waals surface area (Å²) < 4.78 is 16.5. The third-order valence-electron chi connectivity index (χ3n) is 5.00. The summed E-state index contributed by atoms with van der Waals surface area (Å²) in [7, 11) is 0. The molecule has 1 saturated heterocycles. The highest BCUT2D eigenvalue weighted by Gasteiger charge is 2.16. The van der Waals surface area contributed by atoms with E-state index in [2.05, 4.69) is 10.6 Å². The number of hydrogen-bond acceptors (Lipinski definition) is 4. The third-order valence-corrected chi connectivity index (χ3v) is 5.00. The third kappa shape index (κ3) is 7.00. The largest absolute Gasteiger partial charge is 0.469 e. The monoisotopic (exact) mass is 363 g/mol. The Bertz CT molecular complexity index is 506. The van der Waals surface area contributed by atoms with Crippen LogP contribution in [0.5, 0.6) is 0 Å². The quantitative estimate of drug-likeness (QED) is 0.401. The van der Waals surface area contributed by atoms with Crippen molar-refractivity contribution in [2.75, 3.05) is 32.9 Å². The van der Waals surface area contributed by atoms with Gasteiger partial charge in [-0.25, -0.2) is 0 Å². The highest BCUT2D eigenvalue weighted by Crippen LogP contribution is 2.17. The predicted molar refractivity (Wildman–Crippen MR) is 103 cm³/mol. The van der Waals surface area contributed by atoms with Crippen LogP contribution in [0.25, 0.3) is 0 Å². The summed E-state index contributed by atoms with van der Waals surface area (Å²) in [6.45, 7) is 3.92. The van der Waals surface area contributed by atoms with E-state index in [1.54, 1.807) is 6.26 Å². The normalized spacial score (nSPS) is 21.8. The Morgan fingerprint density at radius 1 is 1.23 bits per heavy atom. The van der Waals surface area contributed by atoms with Crippen molar-refractivity contribution in [1.29, 1.82) is 0 Å².